The summed E-state index contributed by atoms with van der Waals surface area (Å²) in [6.07, 6.45) is 4.44. The van der Waals surface area contributed by atoms with Gasteiger partial charge in [0.25, 0.3) is 0 Å². The zero-order valence-electron chi connectivity index (χ0n) is 22.6. The summed E-state index contributed by atoms with van der Waals surface area (Å²) in [6.45, 7) is 9.35. The Morgan fingerprint density at radius 3 is 2.87 bits per heavy atom. The molecule has 2 aromatic heterocycles. The van der Waals surface area contributed by atoms with Gasteiger partial charge in [-0.3, -0.25) is 4.79 Å². The molecule has 7 nitrogen and oxygen atoms in total. The van der Waals surface area contributed by atoms with Gasteiger partial charge < -0.3 is 14.6 Å². The van der Waals surface area contributed by atoms with Gasteiger partial charge in [-0.15, -0.1) is 21.5 Å². The van der Waals surface area contributed by atoms with Crippen LogP contribution in [-0.2, 0) is 31.1 Å². The molecule has 0 fully saturated rings. The van der Waals surface area contributed by atoms with Crippen LogP contribution >= 0.6 is 34.7 Å². The first kappa shape index (κ1) is 28.5. The number of hydrogen-bond acceptors (Lipinski definition) is 7. The highest BCUT2D eigenvalue weighted by Gasteiger charge is 2.32. The van der Waals surface area contributed by atoms with Gasteiger partial charge in [-0.25, -0.2) is 0 Å². The van der Waals surface area contributed by atoms with Gasteiger partial charge in [-0.2, -0.15) is 5.26 Å². The Balaban J connectivity index is 1.28. The van der Waals surface area contributed by atoms with Crippen molar-refractivity contribution in [2.75, 3.05) is 17.7 Å². The Labute approximate surface area is 237 Å². The summed E-state index contributed by atoms with van der Waals surface area (Å²) < 4.78 is 7.79. The van der Waals surface area contributed by atoms with Crippen molar-refractivity contribution in [2.24, 2.45) is 18.4 Å². The number of aryl methyl sites for hydroxylation is 2. The monoisotopic (exact) mass is 571 g/mol. The first-order chi connectivity index (χ1) is 18.1. The maximum absolute atomic E-state index is 12.8. The van der Waals surface area contributed by atoms with Crippen LogP contribution in [0.4, 0.5) is 5.00 Å². The van der Waals surface area contributed by atoms with Crippen LogP contribution in [0.15, 0.2) is 23.4 Å². The molecule has 2 heterocycles. The van der Waals surface area contributed by atoms with Crippen LogP contribution in [-0.4, -0.2) is 33.0 Å². The summed E-state index contributed by atoms with van der Waals surface area (Å²) in [5, 5.41) is 23.4. The van der Waals surface area contributed by atoms with Crippen molar-refractivity contribution < 1.29 is 9.53 Å². The van der Waals surface area contributed by atoms with Gasteiger partial charge in [0.15, 0.2) is 5.16 Å². The highest BCUT2D eigenvalue weighted by molar-refractivity contribution is 7.99. The molecule has 1 atom stereocenters. The lowest BCUT2D eigenvalue weighted by Crippen LogP contribution is -2.26. The van der Waals surface area contributed by atoms with Gasteiger partial charge in [-0.05, 0) is 73.3 Å². The molecule has 10 heteroatoms. The highest BCUT2D eigenvalue weighted by atomic mass is 35.5. The van der Waals surface area contributed by atoms with E-state index in [1.54, 1.807) is 11.3 Å². The van der Waals surface area contributed by atoms with E-state index in [-0.39, 0.29) is 17.1 Å². The molecule has 1 amide bonds. The van der Waals surface area contributed by atoms with E-state index in [0.29, 0.717) is 39.7 Å². The number of ether oxygens (including phenoxy) is 1. The number of anilines is 1. The average molecular weight is 572 g/mol. The van der Waals surface area contributed by atoms with E-state index in [1.807, 2.05) is 36.7 Å². The quantitative estimate of drug-likeness (QED) is 0.230. The number of nitrogens with zero attached hydrogens (tertiary/aromatic N) is 4. The Hall–Kier alpha value is -2.54. The minimum Gasteiger partial charge on any atom is -0.493 e. The van der Waals surface area contributed by atoms with Crippen molar-refractivity contribution in [3.63, 3.8) is 0 Å². The predicted octanol–water partition coefficient (Wildman–Crippen LogP) is 6.60. The minimum atomic E-state index is -0.145. The summed E-state index contributed by atoms with van der Waals surface area (Å²) in [6, 6.07) is 7.92. The second-order valence-electron chi connectivity index (χ2n) is 10.8. The lowest BCUT2D eigenvalue weighted by Gasteiger charge is -2.33. The van der Waals surface area contributed by atoms with Crippen LogP contribution in [0, 0.1) is 29.6 Å². The second-order valence-corrected chi connectivity index (χ2v) is 13.3. The van der Waals surface area contributed by atoms with Crippen LogP contribution in [0.3, 0.4) is 0 Å². The zero-order chi connectivity index (χ0) is 27.4. The fourth-order valence-corrected chi connectivity index (χ4v) is 6.95. The lowest BCUT2D eigenvalue weighted by atomic mass is 9.72. The third kappa shape index (κ3) is 6.71. The number of carbonyl (C=O) groups excluding carboxylic acids is 1. The van der Waals surface area contributed by atoms with Crippen LogP contribution in [0.5, 0.6) is 5.75 Å². The number of nitrogens with one attached hydrogen (secondary N) is 1. The molecular formula is C28H34ClN5O2S2. The molecule has 0 saturated carbocycles. The number of thioether (sulfide) groups is 1. The van der Waals surface area contributed by atoms with Crippen molar-refractivity contribution in [3.8, 4) is 11.8 Å². The fourth-order valence-electron chi connectivity index (χ4n) is 4.70. The number of thiophene rings is 1. The van der Waals surface area contributed by atoms with Crippen LogP contribution in [0.1, 0.15) is 61.0 Å². The van der Waals surface area contributed by atoms with Crippen LogP contribution in [0.25, 0.3) is 0 Å². The molecule has 4 rings (SSSR count). The van der Waals surface area contributed by atoms with Gasteiger partial charge >= 0.3 is 0 Å². The molecule has 202 valence electrons. The molecule has 1 aliphatic rings. The number of halogens is 1. The summed E-state index contributed by atoms with van der Waals surface area (Å²) >= 11 is 8.91. The predicted molar refractivity (Wildman–Crippen MR) is 154 cm³/mol. The molecule has 3 aromatic rings. The van der Waals surface area contributed by atoms with Gasteiger partial charge in [-0.1, -0.05) is 44.1 Å². The fraction of sp³-hybridized carbons (Fsp3) is 0.500. The Kier molecular flexibility index (Phi) is 9.07. The average Bonchev–Trinajstić information content (AvgIpc) is 3.39. The van der Waals surface area contributed by atoms with E-state index in [1.165, 1.54) is 16.6 Å². The number of amides is 1. The molecular weight excluding hydrogens is 538 g/mol. The molecule has 1 unspecified atom stereocenters. The van der Waals surface area contributed by atoms with Crippen molar-refractivity contribution in [1.29, 1.82) is 5.26 Å². The summed E-state index contributed by atoms with van der Waals surface area (Å²) in [7, 11) is 1.91. The van der Waals surface area contributed by atoms with Crippen molar-refractivity contribution in [3.05, 3.63) is 50.6 Å². The Bertz CT molecular complexity index is 1350. The Morgan fingerprint density at radius 1 is 1.37 bits per heavy atom. The molecule has 0 radical (unpaired) electrons. The second kappa shape index (κ2) is 12.1. The van der Waals surface area contributed by atoms with Crippen LogP contribution in [0.2, 0.25) is 5.02 Å². The van der Waals surface area contributed by atoms with E-state index in [4.69, 9.17) is 16.3 Å². The van der Waals surface area contributed by atoms with E-state index < -0.39 is 0 Å². The maximum Gasteiger partial charge on any atom is 0.235 e. The molecule has 0 aliphatic heterocycles. The van der Waals surface area contributed by atoms with E-state index in [0.717, 1.165) is 48.4 Å². The number of rotatable bonds is 9. The molecule has 0 saturated heterocycles. The molecule has 0 bridgehead atoms. The third-order valence-electron chi connectivity index (χ3n) is 7.05. The molecule has 38 heavy (non-hydrogen) atoms. The number of aromatic nitrogens is 3. The largest absolute Gasteiger partial charge is 0.493 e. The number of carbonyl (C=O) groups is 1. The van der Waals surface area contributed by atoms with E-state index in [2.05, 4.69) is 42.4 Å². The highest BCUT2D eigenvalue weighted by Crippen LogP contribution is 2.44. The maximum atomic E-state index is 12.8. The molecule has 0 spiro atoms. The summed E-state index contributed by atoms with van der Waals surface area (Å²) in [4.78, 5) is 14.0. The number of fused-ring (bicyclic) bond motifs is 1. The standard InChI is InChI=1S/C28H34ClN5O2S2/c1-17-13-19(29)9-11-22(17)36-12-6-7-24-32-33-27(34(24)5)37-16-25(35)31-26-21(15-30)20-10-8-18(28(2,3)4)14-23(20)38-26/h9,11,13,18H,6-8,10,12,14,16H2,1-5H3,(H,31,35). The lowest BCUT2D eigenvalue weighted by molar-refractivity contribution is -0.113. The van der Waals surface area contributed by atoms with Crippen molar-refractivity contribution in [2.45, 2.75) is 65.0 Å². The van der Waals surface area contributed by atoms with E-state index in [9.17, 15) is 10.1 Å². The van der Waals surface area contributed by atoms with Gasteiger partial charge in [0.05, 0.1) is 17.9 Å². The van der Waals surface area contributed by atoms with Crippen molar-refractivity contribution in [1.82, 2.24) is 14.8 Å². The van der Waals surface area contributed by atoms with Gasteiger partial charge in [0.1, 0.15) is 22.6 Å². The summed E-state index contributed by atoms with van der Waals surface area (Å²) in [5.41, 5.74) is 2.99. The molecule has 1 aromatic carbocycles. The molecule has 1 aliphatic carbocycles. The molecule has 1 N–H and O–H groups in total. The van der Waals surface area contributed by atoms with Gasteiger partial charge in [0, 0.05) is 23.4 Å². The topological polar surface area (TPSA) is 92.8 Å². The van der Waals surface area contributed by atoms with Crippen molar-refractivity contribution >= 4 is 45.6 Å². The Morgan fingerprint density at radius 2 is 2.16 bits per heavy atom. The smallest absolute Gasteiger partial charge is 0.235 e. The SMILES string of the molecule is Cc1cc(Cl)ccc1OCCCc1nnc(SCC(=O)Nc2sc3c(c2C#N)CCC(C(C)(C)C)C3)n1C. The van der Waals surface area contributed by atoms with Gasteiger partial charge in [0.2, 0.25) is 5.91 Å². The minimum absolute atomic E-state index is 0.145. The number of nitriles is 1. The first-order valence-corrected chi connectivity index (χ1v) is 15.0. The zero-order valence-corrected chi connectivity index (χ0v) is 24.9. The normalized spacial score (nSPS) is 15.1. The van der Waals surface area contributed by atoms with Crippen LogP contribution < -0.4 is 10.1 Å². The first-order valence-electron chi connectivity index (χ1n) is 12.8. The number of hydrogen-bond donors (Lipinski definition) is 1. The summed E-state index contributed by atoms with van der Waals surface area (Å²) in [5.74, 6) is 2.31. The van der Waals surface area contributed by atoms with E-state index >= 15 is 0 Å². The third-order valence-corrected chi connectivity index (χ3v) is 9.48. The number of benzene rings is 1.